The smallest absolute Gasteiger partial charge is 0.302 e. The number of rotatable bonds is 9. The highest BCUT2D eigenvalue weighted by Crippen LogP contribution is 2.60. The van der Waals surface area contributed by atoms with E-state index in [1.165, 1.54) is 35.4 Å². The molecule has 0 radical (unpaired) electrons. The molecule has 6 nitrogen and oxygen atoms in total. The normalized spacial score (nSPS) is 29.3. The number of benzene rings is 2. The van der Waals surface area contributed by atoms with Gasteiger partial charge in [-0.05, 0) is 65.3 Å². The van der Waals surface area contributed by atoms with E-state index in [0.717, 1.165) is 25.7 Å². The van der Waals surface area contributed by atoms with E-state index < -0.39 is 14.4 Å². The van der Waals surface area contributed by atoms with Crippen LogP contribution in [0.2, 0.25) is 5.04 Å². The summed E-state index contributed by atoms with van der Waals surface area (Å²) in [5.41, 5.74) is 2.31. The second-order valence-electron chi connectivity index (χ2n) is 16.2. The Hall–Kier alpha value is -2.74. The molecule has 0 aromatic heterocycles. The van der Waals surface area contributed by atoms with Crippen LogP contribution in [0.5, 0.6) is 0 Å². The van der Waals surface area contributed by atoms with Gasteiger partial charge in [0.1, 0.15) is 6.10 Å². The molecule has 0 aliphatic heterocycles. The molecule has 1 fully saturated rings. The van der Waals surface area contributed by atoms with Crippen molar-refractivity contribution in [1.82, 2.24) is 0 Å². The lowest BCUT2D eigenvalue weighted by atomic mass is 9.54. The minimum Gasteiger partial charge on any atom is -0.466 e. The van der Waals surface area contributed by atoms with E-state index in [4.69, 9.17) is 13.9 Å². The molecule has 1 N–H and O–H groups in total. The minimum atomic E-state index is -2.82. The first-order valence-electron chi connectivity index (χ1n) is 17.6. The van der Waals surface area contributed by atoms with Crippen molar-refractivity contribution in [1.29, 1.82) is 0 Å². The molecule has 6 atom stereocenters. The third kappa shape index (κ3) is 6.77. The van der Waals surface area contributed by atoms with Gasteiger partial charge in [-0.3, -0.25) is 9.59 Å². The maximum atomic E-state index is 12.1. The maximum Gasteiger partial charge on any atom is 0.302 e. The van der Waals surface area contributed by atoms with Crippen LogP contribution in [0, 0.1) is 28.6 Å². The van der Waals surface area contributed by atoms with Crippen LogP contribution in [0.3, 0.4) is 0 Å². The summed E-state index contributed by atoms with van der Waals surface area (Å²) in [5.74, 6) is -0.170. The summed E-state index contributed by atoms with van der Waals surface area (Å²) in [7, 11) is -2.82. The van der Waals surface area contributed by atoms with Crippen LogP contribution in [0.4, 0.5) is 0 Å². The Labute approximate surface area is 283 Å². The number of ether oxygens (including phenoxy) is 2. The van der Waals surface area contributed by atoms with Crippen molar-refractivity contribution >= 4 is 30.6 Å². The van der Waals surface area contributed by atoms with E-state index >= 15 is 0 Å². The fourth-order valence-corrected chi connectivity index (χ4v) is 14.1. The standard InChI is InChI=1S/C40H56O6Si/c1-27(41)44-25-29-23-30(46-28(2)42)21-22-40(29,8)36-20-19-35-33(24-37(43)39(35,6)7)34(36)26-45-47(38(3,4)5,31-15-11-9-12-16-31)32-17-13-10-14-18-32/h9-18,29-30,34,36-37,43H,19-26H2,1-8H3/t29-,30+,34+,36+,37-,40+/m1/s1. The van der Waals surface area contributed by atoms with Crippen LogP contribution in [0.25, 0.3) is 0 Å². The van der Waals surface area contributed by atoms with Crippen LogP contribution in [0.1, 0.15) is 93.9 Å². The van der Waals surface area contributed by atoms with Crippen LogP contribution >= 0.6 is 0 Å². The van der Waals surface area contributed by atoms with Gasteiger partial charge in [0, 0.05) is 37.7 Å². The number of aliphatic hydroxyl groups excluding tert-OH is 1. The van der Waals surface area contributed by atoms with Crippen LogP contribution in [-0.2, 0) is 23.5 Å². The number of esters is 2. The zero-order chi connectivity index (χ0) is 34.2. The second kappa shape index (κ2) is 13.6. The zero-order valence-corrected chi connectivity index (χ0v) is 30.8. The maximum absolute atomic E-state index is 12.1. The van der Waals surface area contributed by atoms with Crippen molar-refractivity contribution in [2.75, 3.05) is 13.2 Å². The molecule has 0 amide bonds. The quantitative estimate of drug-likeness (QED) is 0.178. The number of aliphatic hydroxyl groups is 1. The molecular formula is C40H56O6Si. The van der Waals surface area contributed by atoms with Gasteiger partial charge in [0.25, 0.3) is 8.32 Å². The summed E-state index contributed by atoms with van der Waals surface area (Å²) in [6.45, 7) is 17.5. The highest BCUT2D eigenvalue weighted by molar-refractivity contribution is 6.99. The third-order valence-electron chi connectivity index (χ3n) is 12.1. The van der Waals surface area contributed by atoms with Gasteiger partial charge in [0.05, 0.1) is 12.7 Å². The molecule has 5 rings (SSSR count). The highest BCUT2D eigenvalue weighted by atomic mass is 28.4. The second-order valence-corrected chi connectivity index (χ2v) is 20.5. The van der Waals surface area contributed by atoms with Gasteiger partial charge in [-0.25, -0.2) is 0 Å². The Morgan fingerprint density at radius 3 is 2.02 bits per heavy atom. The Morgan fingerprint density at radius 2 is 1.49 bits per heavy atom. The average molecular weight is 661 g/mol. The lowest BCUT2D eigenvalue weighted by Crippen LogP contribution is -2.67. The topological polar surface area (TPSA) is 82.1 Å². The molecule has 0 spiro atoms. The molecule has 256 valence electrons. The largest absolute Gasteiger partial charge is 0.466 e. The van der Waals surface area contributed by atoms with Gasteiger partial charge in [-0.15, -0.1) is 0 Å². The first-order valence-corrected chi connectivity index (χ1v) is 19.5. The highest BCUT2D eigenvalue weighted by Gasteiger charge is 2.56. The van der Waals surface area contributed by atoms with Crippen molar-refractivity contribution in [3.63, 3.8) is 0 Å². The molecule has 1 saturated carbocycles. The van der Waals surface area contributed by atoms with Gasteiger partial charge in [0.2, 0.25) is 0 Å². The van der Waals surface area contributed by atoms with E-state index in [2.05, 4.69) is 102 Å². The van der Waals surface area contributed by atoms with Crippen molar-refractivity contribution < 1.29 is 28.6 Å². The molecule has 7 heteroatoms. The number of hydrogen-bond donors (Lipinski definition) is 1. The lowest BCUT2D eigenvalue weighted by molar-refractivity contribution is -0.158. The average Bonchev–Trinajstić information content (AvgIpc) is 3.25. The van der Waals surface area contributed by atoms with Crippen LogP contribution in [-0.4, -0.2) is 50.8 Å². The molecule has 0 bridgehead atoms. The van der Waals surface area contributed by atoms with Gasteiger partial charge in [0.15, 0.2) is 0 Å². The monoisotopic (exact) mass is 660 g/mol. The van der Waals surface area contributed by atoms with Crippen molar-refractivity contribution in [2.45, 2.75) is 111 Å². The fourth-order valence-electron chi connectivity index (χ4n) is 9.47. The first kappa shape index (κ1) is 35.6. The van der Waals surface area contributed by atoms with E-state index in [0.29, 0.717) is 26.1 Å². The molecule has 0 heterocycles. The summed E-state index contributed by atoms with van der Waals surface area (Å²) in [5, 5.41) is 13.8. The summed E-state index contributed by atoms with van der Waals surface area (Å²) < 4.78 is 19.1. The SMILES string of the molecule is CC(=O)OC[C@H]1C[C@@H](OC(C)=O)CC[C@]1(C)[C@H]1CCC2=C(C[C@@H](O)C2(C)C)[C@@H]1CO[Si](c1ccccc1)(c1ccccc1)C(C)(C)C. The van der Waals surface area contributed by atoms with E-state index in [9.17, 15) is 14.7 Å². The molecule has 2 aromatic rings. The molecule has 47 heavy (non-hydrogen) atoms. The van der Waals surface area contributed by atoms with Crippen LogP contribution in [0.15, 0.2) is 71.8 Å². The Bertz CT molecular complexity index is 1400. The third-order valence-corrected chi connectivity index (χ3v) is 17.1. The van der Waals surface area contributed by atoms with Crippen molar-refractivity contribution in [3.8, 4) is 0 Å². The number of hydrogen-bond acceptors (Lipinski definition) is 6. The minimum absolute atomic E-state index is 0.0337. The number of carbonyl (C=O) groups is 2. The predicted octanol–water partition coefficient (Wildman–Crippen LogP) is 6.98. The van der Waals surface area contributed by atoms with E-state index in [1.54, 1.807) is 0 Å². The van der Waals surface area contributed by atoms with Gasteiger partial charge in [-0.2, -0.15) is 0 Å². The summed E-state index contributed by atoms with van der Waals surface area (Å²) in [6, 6.07) is 21.6. The first-order chi connectivity index (χ1) is 22.1. The van der Waals surface area contributed by atoms with Gasteiger partial charge < -0.3 is 19.0 Å². The van der Waals surface area contributed by atoms with E-state index in [-0.39, 0.29) is 51.7 Å². The zero-order valence-electron chi connectivity index (χ0n) is 29.8. The molecule has 2 aromatic carbocycles. The van der Waals surface area contributed by atoms with E-state index in [1.807, 2.05) is 0 Å². The molecule has 0 unspecified atom stereocenters. The molecule has 3 aliphatic rings. The summed E-state index contributed by atoms with van der Waals surface area (Å²) in [6.07, 6.45) is 4.30. The Balaban J connectivity index is 1.60. The Morgan fingerprint density at radius 1 is 0.894 bits per heavy atom. The van der Waals surface area contributed by atoms with Crippen molar-refractivity contribution in [3.05, 3.63) is 71.8 Å². The van der Waals surface area contributed by atoms with Crippen LogP contribution < -0.4 is 10.4 Å². The molecule has 3 aliphatic carbocycles. The molecule has 0 saturated heterocycles. The number of carbonyl (C=O) groups excluding carboxylic acids is 2. The van der Waals surface area contributed by atoms with Crippen molar-refractivity contribution in [2.24, 2.45) is 28.6 Å². The van der Waals surface area contributed by atoms with Gasteiger partial charge in [-0.1, -0.05) is 113 Å². The lowest BCUT2D eigenvalue weighted by Gasteiger charge is -2.53. The Kier molecular flexibility index (Phi) is 10.3. The summed E-state index contributed by atoms with van der Waals surface area (Å²) >= 11 is 0. The molecular weight excluding hydrogens is 605 g/mol. The predicted molar refractivity (Wildman–Crippen MR) is 189 cm³/mol. The van der Waals surface area contributed by atoms with Gasteiger partial charge >= 0.3 is 11.9 Å². The fraction of sp³-hybridized carbons (Fsp3) is 0.600. The summed E-state index contributed by atoms with van der Waals surface area (Å²) in [4.78, 5) is 24.0.